The van der Waals surface area contributed by atoms with Gasteiger partial charge in [-0.2, -0.15) is 0 Å². The van der Waals surface area contributed by atoms with E-state index in [4.69, 9.17) is 22.3 Å². The van der Waals surface area contributed by atoms with E-state index in [2.05, 4.69) is 34.6 Å². The van der Waals surface area contributed by atoms with E-state index in [1.165, 1.54) is 0 Å². The highest BCUT2D eigenvalue weighted by atomic mass is 35.5. The third kappa shape index (κ3) is 5.11. The van der Waals surface area contributed by atoms with Gasteiger partial charge in [0.2, 0.25) is 0 Å². The third-order valence-electron chi connectivity index (χ3n) is 4.31. The Morgan fingerprint density at radius 3 is 2.31 bits per heavy atom. The molecule has 1 heterocycles. The second-order valence-electron chi connectivity index (χ2n) is 6.25. The van der Waals surface area contributed by atoms with Gasteiger partial charge < -0.3 is 11.1 Å². The fourth-order valence-electron chi connectivity index (χ4n) is 2.98. The number of hydrogen-bond donors (Lipinski definition) is 2. The minimum Gasteiger partial charge on any atom is -0.368 e. The number of nitrogens with one attached hydrogen (secondary N) is 1. The zero-order valence-electron chi connectivity index (χ0n) is 16.7. The minimum atomic E-state index is 0.537. The Bertz CT molecular complexity index is 1120. The summed E-state index contributed by atoms with van der Waals surface area (Å²) in [6.45, 7) is 5.19. The van der Waals surface area contributed by atoms with E-state index in [-0.39, 0.29) is 0 Å². The lowest BCUT2D eigenvalue weighted by molar-refractivity contribution is 1.01. The molecule has 0 aliphatic carbocycles. The lowest BCUT2D eigenvalue weighted by Gasteiger charge is -2.10. The van der Waals surface area contributed by atoms with E-state index < -0.39 is 0 Å². The van der Waals surface area contributed by atoms with Crippen molar-refractivity contribution in [1.82, 2.24) is 9.97 Å². The van der Waals surface area contributed by atoms with Gasteiger partial charge in [-0.05, 0) is 46.7 Å². The van der Waals surface area contributed by atoms with Crippen LogP contribution in [0, 0.1) is 0 Å². The number of rotatable bonds is 5. The van der Waals surface area contributed by atoms with Crippen molar-refractivity contribution in [1.29, 1.82) is 0 Å². The highest BCUT2D eigenvalue weighted by molar-refractivity contribution is 6.30. The van der Waals surface area contributed by atoms with Crippen molar-refractivity contribution in [2.45, 2.75) is 13.8 Å². The molecule has 4 aromatic rings. The molecule has 0 bridgehead atoms. The quantitative estimate of drug-likeness (QED) is 0.400. The number of nitrogens with two attached hydrogens (primary N) is 1. The molecule has 0 saturated carbocycles. The summed E-state index contributed by atoms with van der Waals surface area (Å²) in [7, 11) is 0. The van der Waals surface area contributed by atoms with Gasteiger partial charge in [-0.15, -0.1) is 0 Å². The molecule has 0 unspecified atom stereocenters. The maximum Gasteiger partial charge on any atom is 0.154 e. The summed E-state index contributed by atoms with van der Waals surface area (Å²) in [6.07, 6.45) is 3.89. The molecule has 5 heteroatoms. The van der Waals surface area contributed by atoms with Crippen LogP contribution >= 0.6 is 11.6 Å². The molecule has 0 aliphatic rings. The van der Waals surface area contributed by atoms with E-state index in [0.717, 1.165) is 33.1 Å². The number of hydrogen-bond acceptors (Lipinski definition) is 4. The predicted molar refractivity (Wildman–Crippen MR) is 126 cm³/mol. The zero-order chi connectivity index (χ0) is 20.6. The fraction of sp³-hybridized carbons (Fsp3) is 0.167. The molecule has 0 radical (unpaired) electrons. The van der Waals surface area contributed by atoms with Crippen LogP contribution in [0.4, 0.5) is 5.82 Å². The first-order chi connectivity index (χ1) is 14.2. The molecule has 0 atom stereocenters. The van der Waals surface area contributed by atoms with E-state index in [1.54, 1.807) is 0 Å². The third-order valence-corrected chi connectivity index (χ3v) is 4.56. The molecular weight excluding hydrogens is 380 g/mol. The molecule has 0 fully saturated rings. The van der Waals surface area contributed by atoms with Gasteiger partial charge in [-0.3, -0.25) is 0 Å². The molecule has 4 rings (SSSR count). The lowest BCUT2D eigenvalue weighted by Crippen LogP contribution is -2.14. The number of benzene rings is 3. The van der Waals surface area contributed by atoms with Gasteiger partial charge in [0, 0.05) is 23.5 Å². The molecule has 3 N–H and O–H groups in total. The summed E-state index contributed by atoms with van der Waals surface area (Å²) in [5.74, 6) is 1.44. The zero-order valence-corrected chi connectivity index (χ0v) is 17.4. The van der Waals surface area contributed by atoms with Gasteiger partial charge >= 0.3 is 0 Å². The SMILES string of the molecule is CC.NCCNc1nc(/C=C/c2ccc(Cl)cc2)nc2cc3ccccc3cc12. The van der Waals surface area contributed by atoms with Crippen LogP contribution in [0.3, 0.4) is 0 Å². The molecule has 148 valence electrons. The normalized spacial score (nSPS) is 10.9. The van der Waals surface area contributed by atoms with Crippen LogP contribution in [0.25, 0.3) is 33.8 Å². The second kappa shape index (κ2) is 10.0. The topological polar surface area (TPSA) is 63.8 Å². The first-order valence-electron chi connectivity index (χ1n) is 9.81. The van der Waals surface area contributed by atoms with Crippen molar-refractivity contribution < 1.29 is 0 Å². The molecule has 0 amide bonds. The number of aromatic nitrogens is 2. The van der Waals surface area contributed by atoms with Crippen LogP contribution in [0.2, 0.25) is 5.02 Å². The van der Waals surface area contributed by atoms with E-state index >= 15 is 0 Å². The van der Waals surface area contributed by atoms with Gasteiger partial charge in [-0.25, -0.2) is 9.97 Å². The molecular formula is C24H25ClN4. The molecule has 0 spiro atoms. The molecule has 3 aromatic carbocycles. The van der Waals surface area contributed by atoms with Crippen molar-refractivity contribution in [3.8, 4) is 0 Å². The van der Waals surface area contributed by atoms with Crippen molar-refractivity contribution in [2.24, 2.45) is 5.73 Å². The Labute approximate surface area is 176 Å². The van der Waals surface area contributed by atoms with E-state index in [9.17, 15) is 0 Å². The van der Waals surface area contributed by atoms with Gasteiger partial charge in [0.05, 0.1) is 5.52 Å². The summed E-state index contributed by atoms with van der Waals surface area (Å²) in [5.41, 5.74) is 7.61. The highest BCUT2D eigenvalue weighted by Crippen LogP contribution is 2.26. The maximum absolute atomic E-state index is 5.94. The van der Waals surface area contributed by atoms with Crippen molar-refractivity contribution >= 4 is 51.2 Å². The highest BCUT2D eigenvalue weighted by Gasteiger charge is 2.08. The second-order valence-corrected chi connectivity index (χ2v) is 6.68. The summed E-state index contributed by atoms with van der Waals surface area (Å²) in [6, 6.07) is 20.1. The average Bonchev–Trinajstić information content (AvgIpc) is 2.77. The molecule has 0 aliphatic heterocycles. The Morgan fingerprint density at radius 1 is 0.931 bits per heavy atom. The Balaban J connectivity index is 0.00000117. The molecule has 29 heavy (non-hydrogen) atoms. The number of fused-ring (bicyclic) bond motifs is 2. The van der Waals surface area contributed by atoms with Crippen LogP contribution in [-0.4, -0.2) is 23.1 Å². The van der Waals surface area contributed by atoms with Crippen LogP contribution in [-0.2, 0) is 0 Å². The minimum absolute atomic E-state index is 0.537. The van der Waals surface area contributed by atoms with Crippen LogP contribution in [0.1, 0.15) is 25.2 Å². The van der Waals surface area contributed by atoms with E-state index in [1.807, 2.05) is 62.4 Å². The Kier molecular flexibility index (Phi) is 7.17. The lowest BCUT2D eigenvalue weighted by atomic mass is 10.1. The standard InChI is InChI=1S/C22H19ClN4.C2H6/c23-18-8-5-15(6-9-18)7-10-21-26-20-14-17-4-2-1-3-16(17)13-19(20)22(27-21)25-12-11-24;1-2/h1-10,13-14H,11-12,24H2,(H,25,26,27);1-2H3/b10-7+;. The Morgan fingerprint density at radius 2 is 1.62 bits per heavy atom. The van der Waals surface area contributed by atoms with Crippen LogP contribution in [0.15, 0.2) is 60.7 Å². The maximum atomic E-state index is 5.94. The summed E-state index contributed by atoms with van der Waals surface area (Å²) >= 11 is 5.94. The first-order valence-corrected chi connectivity index (χ1v) is 10.2. The largest absolute Gasteiger partial charge is 0.368 e. The molecule has 4 nitrogen and oxygen atoms in total. The fourth-order valence-corrected chi connectivity index (χ4v) is 3.10. The molecule has 0 saturated heterocycles. The molecule has 1 aromatic heterocycles. The van der Waals surface area contributed by atoms with Gasteiger partial charge in [0.25, 0.3) is 0 Å². The van der Waals surface area contributed by atoms with Gasteiger partial charge in [0.15, 0.2) is 5.82 Å². The summed E-state index contributed by atoms with van der Waals surface area (Å²) < 4.78 is 0. The van der Waals surface area contributed by atoms with Crippen molar-refractivity contribution in [2.75, 3.05) is 18.4 Å². The summed E-state index contributed by atoms with van der Waals surface area (Å²) in [5, 5.41) is 7.34. The van der Waals surface area contributed by atoms with Crippen LogP contribution < -0.4 is 11.1 Å². The first kappa shape index (κ1) is 20.8. The van der Waals surface area contributed by atoms with Gasteiger partial charge in [-0.1, -0.05) is 67.9 Å². The van der Waals surface area contributed by atoms with Crippen molar-refractivity contribution in [3.63, 3.8) is 0 Å². The number of nitrogens with zero attached hydrogens (tertiary/aromatic N) is 2. The predicted octanol–water partition coefficient (Wildman–Crippen LogP) is 6.00. The van der Waals surface area contributed by atoms with E-state index in [0.29, 0.717) is 23.9 Å². The Hall–Kier alpha value is -2.95. The number of anilines is 1. The smallest absolute Gasteiger partial charge is 0.154 e. The average molecular weight is 405 g/mol. The van der Waals surface area contributed by atoms with Crippen molar-refractivity contribution in [3.05, 3.63) is 77.1 Å². The summed E-state index contributed by atoms with van der Waals surface area (Å²) in [4.78, 5) is 9.42. The van der Waals surface area contributed by atoms with Crippen LogP contribution in [0.5, 0.6) is 0 Å². The number of halogens is 1. The van der Waals surface area contributed by atoms with Gasteiger partial charge in [0.1, 0.15) is 5.82 Å². The monoisotopic (exact) mass is 404 g/mol.